The van der Waals surface area contributed by atoms with E-state index < -0.39 is 37.2 Å². The lowest BCUT2D eigenvalue weighted by Gasteiger charge is -2.13. The molecule has 0 saturated carbocycles. The van der Waals surface area contributed by atoms with Gasteiger partial charge in [0, 0.05) is 0 Å². The zero-order valence-electron chi connectivity index (χ0n) is 9.56. The number of ether oxygens (including phenoxy) is 1. The fourth-order valence-electron chi connectivity index (χ4n) is 0.936. The highest BCUT2D eigenvalue weighted by Gasteiger charge is 2.26. The van der Waals surface area contributed by atoms with Gasteiger partial charge in [-0.25, -0.2) is 4.79 Å². The van der Waals surface area contributed by atoms with Crippen LogP contribution in [0, 0.1) is 0 Å². The van der Waals surface area contributed by atoms with Crippen molar-refractivity contribution in [3.05, 3.63) is 0 Å². The average Bonchev–Trinajstić information content (AvgIpc) is 2.15. The SMILES string of the molecule is CCOC(=O)C(C)NC(=O)CNCC(F)(F)F. The Balaban J connectivity index is 3.82. The van der Waals surface area contributed by atoms with E-state index in [0.717, 1.165) is 0 Å². The number of carbonyl (C=O) groups is 2. The van der Waals surface area contributed by atoms with Crippen LogP contribution in [-0.4, -0.2) is 43.8 Å². The predicted molar refractivity (Wildman–Crippen MR) is 53.2 cm³/mol. The van der Waals surface area contributed by atoms with Gasteiger partial charge in [0.1, 0.15) is 6.04 Å². The smallest absolute Gasteiger partial charge is 0.401 e. The quantitative estimate of drug-likeness (QED) is 0.666. The Bertz CT molecular complexity index is 269. The Kier molecular flexibility index (Phi) is 6.55. The lowest BCUT2D eigenvalue weighted by molar-refractivity contribution is -0.147. The topological polar surface area (TPSA) is 67.4 Å². The summed E-state index contributed by atoms with van der Waals surface area (Å²) in [5.41, 5.74) is 0. The molecule has 0 aromatic heterocycles. The highest BCUT2D eigenvalue weighted by molar-refractivity contribution is 5.85. The van der Waals surface area contributed by atoms with E-state index in [-0.39, 0.29) is 6.61 Å². The van der Waals surface area contributed by atoms with Gasteiger partial charge in [0.05, 0.1) is 19.7 Å². The van der Waals surface area contributed by atoms with Crippen molar-refractivity contribution in [1.29, 1.82) is 0 Å². The Morgan fingerprint density at radius 2 is 1.94 bits per heavy atom. The van der Waals surface area contributed by atoms with Gasteiger partial charge in [-0.15, -0.1) is 0 Å². The van der Waals surface area contributed by atoms with E-state index in [0.29, 0.717) is 0 Å². The van der Waals surface area contributed by atoms with Gasteiger partial charge in [0.15, 0.2) is 0 Å². The maximum Gasteiger partial charge on any atom is 0.401 e. The van der Waals surface area contributed by atoms with Crippen molar-refractivity contribution in [3.63, 3.8) is 0 Å². The van der Waals surface area contributed by atoms with Gasteiger partial charge >= 0.3 is 12.1 Å². The van der Waals surface area contributed by atoms with Gasteiger partial charge in [-0.2, -0.15) is 13.2 Å². The molecule has 0 heterocycles. The van der Waals surface area contributed by atoms with E-state index in [1.165, 1.54) is 6.92 Å². The second kappa shape index (κ2) is 7.10. The Labute approximate surface area is 96.7 Å². The third-order valence-electron chi connectivity index (χ3n) is 1.63. The number of rotatable bonds is 6. The lowest BCUT2D eigenvalue weighted by atomic mass is 10.3. The van der Waals surface area contributed by atoms with E-state index in [1.807, 2.05) is 5.32 Å². The zero-order valence-corrected chi connectivity index (χ0v) is 9.56. The fraction of sp³-hybridized carbons (Fsp3) is 0.778. The molecule has 100 valence electrons. The van der Waals surface area contributed by atoms with E-state index in [2.05, 4.69) is 10.1 Å². The molecule has 0 aliphatic heterocycles. The zero-order chi connectivity index (χ0) is 13.5. The standard InChI is InChI=1S/C9H15F3N2O3/c1-3-17-8(16)6(2)14-7(15)4-13-5-9(10,11)12/h6,13H,3-5H2,1-2H3,(H,14,15). The molecule has 1 amide bonds. The number of nitrogens with one attached hydrogen (secondary N) is 2. The second-order valence-electron chi connectivity index (χ2n) is 3.26. The van der Waals surface area contributed by atoms with Crippen LogP contribution in [0.5, 0.6) is 0 Å². The van der Waals surface area contributed by atoms with Crippen LogP contribution in [0.15, 0.2) is 0 Å². The van der Waals surface area contributed by atoms with E-state index in [4.69, 9.17) is 0 Å². The molecular formula is C9H15F3N2O3. The van der Waals surface area contributed by atoms with Crippen molar-refractivity contribution in [2.24, 2.45) is 0 Å². The van der Waals surface area contributed by atoms with Crippen molar-refractivity contribution >= 4 is 11.9 Å². The van der Waals surface area contributed by atoms with Crippen LogP contribution in [0.1, 0.15) is 13.8 Å². The average molecular weight is 256 g/mol. The maximum absolute atomic E-state index is 11.7. The molecule has 0 aliphatic carbocycles. The molecule has 0 bridgehead atoms. The van der Waals surface area contributed by atoms with Crippen molar-refractivity contribution in [2.45, 2.75) is 26.1 Å². The van der Waals surface area contributed by atoms with Crippen LogP contribution in [0.25, 0.3) is 0 Å². The third kappa shape index (κ3) is 8.49. The van der Waals surface area contributed by atoms with E-state index >= 15 is 0 Å². The summed E-state index contributed by atoms with van der Waals surface area (Å²) < 4.78 is 39.8. The number of carbonyl (C=O) groups excluding carboxylic acids is 2. The molecule has 0 rings (SSSR count). The van der Waals surface area contributed by atoms with Gasteiger partial charge in [0.2, 0.25) is 5.91 Å². The molecule has 8 heteroatoms. The summed E-state index contributed by atoms with van der Waals surface area (Å²) in [5, 5.41) is 4.12. The molecule has 1 unspecified atom stereocenters. The first-order valence-corrected chi connectivity index (χ1v) is 4.99. The first-order chi connectivity index (χ1) is 7.76. The molecule has 0 aromatic rings. The van der Waals surface area contributed by atoms with E-state index in [1.54, 1.807) is 6.92 Å². The number of hydrogen-bond donors (Lipinski definition) is 2. The van der Waals surface area contributed by atoms with Gasteiger partial charge < -0.3 is 15.4 Å². The van der Waals surface area contributed by atoms with Crippen molar-refractivity contribution < 1.29 is 27.5 Å². The van der Waals surface area contributed by atoms with Crippen LogP contribution in [-0.2, 0) is 14.3 Å². The van der Waals surface area contributed by atoms with Gasteiger partial charge in [0.25, 0.3) is 0 Å². The molecule has 17 heavy (non-hydrogen) atoms. The Morgan fingerprint density at radius 3 is 2.41 bits per heavy atom. The molecule has 0 aromatic carbocycles. The molecular weight excluding hydrogens is 241 g/mol. The summed E-state index contributed by atoms with van der Waals surface area (Å²) in [6.07, 6.45) is -4.37. The number of halogens is 3. The molecule has 0 spiro atoms. The van der Waals surface area contributed by atoms with Crippen LogP contribution >= 0.6 is 0 Å². The molecule has 0 aliphatic rings. The number of amides is 1. The molecule has 0 radical (unpaired) electrons. The normalized spacial score (nSPS) is 13.0. The highest BCUT2D eigenvalue weighted by Crippen LogP contribution is 2.11. The molecule has 1 atom stereocenters. The predicted octanol–water partition coefficient (Wildman–Crippen LogP) is 0.206. The largest absolute Gasteiger partial charge is 0.464 e. The summed E-state index contributed by atoms with van der Waals surface area (Å²) >= 11 is 0. The Hall–Kier alpha value is -1.31. The monoisotopic (exact) mass is 256 g/mol. The molecule has 5 nitrogen and oxygen atoms in total. The minimum Gasteiger partial charge on any atom is -0.464 e. The van der Waals surface area contributed by atoms with Crippen molar-refractivity contribution in [3.8, 4) is 0 Å². The second-order valence-corrected chi connectivity index (χ2v) is 3.26. The van der Waals surface area contributed by atoms with Crippen LogP contribution in [0.3, 0.4) is 0 Å². The first kappa shape index (κ1) is 15.7. The van der Waals surface area contributed by atoms with Gasteiger partial charge in [-0.3, -0.25) is 4.79 Å². The van der Waals surface area contributed by atoms with Crippen molar-refractivity contribution in [2.75, 3.05) is 19.7 Å². The highest BCUT2D eigenvalue weighted by atomic mass is 19.4. The van der Waals surface area contributed by atoms with E-state index in [9.17, 15) is 22.8 Å². The van der Waals surface area contributed by atoms with Crippen LogP contribution < -0.4 is 10.6 Å². The summed E-state index contributed by atoms with van der Waals surface area (Å²) in [6, 6.07) is -0.880. The van der Waals surface area contributed by atoms with Gasteiger partial charge in [-0.1, -0.05) is 0 Å². The summed E-state index contributed by atoms with van der Waals surface area (Å²) in [4.78, 5) is 22.2. The third-order valence-corrected chi connectivity index (χ3v) is 1.63. The number of hydrogen-bond acceptors (Lipinski definition) is 4. The Morgan fingerprint density at radius 1 is 1.35 bits per heavy atom. The minimum absolute atomic E-state index is 0.172. The number of alkyl halides is 3. The minimum atomic E-state index is -4.37. The van der Waals surface area contributed by atoms with Crippen LogP contribution in [0.4, 0.5) is 13.2 Å². The number of esters is 1. The fourth-order valence-corrected chi connectivity index (χ4v) is 0.936. The maximum atomic E-state index is 11.7. The molecule has 0 saturated heterocycles. The lowest BCUT2D eigenvalue weighted by Crippen LogP contribution is -2.44. The van der Waals surface area contributed by atoms with Gasteiger partial charge in [-0.05, 0) is 13.8 Å². The summed E-state index contributed by atoms with van der Waals surface area (Å²) in [7, 11) is 0. The van der Waals surface area contributed by atoms with Crippen LogP contribution in [0.2, 0.25) is 0 Å². The molecule has 2 N–H and O–H groups in total. The first-order valence-electron chi connectivity index (χ1n) is 4.99. The summed E-state index contributed by atoms with van der Waals surface area (Å²) in [5.74, 6) is -1.33. The summed E-state index contributed by atoms with van der Waals surface area (Å²) in [6.45, 7) is 1.40. The molecule has 0 fully saturated rings. The van der Waals surface area contributed by atoms with Crippen molar-refractivity contribution in [1.82, 2.24) is 10.6 Å².